The first-order valence-corrected chi connectivity index (χ1v) is 9.90. The molecule has 1 aliphatic rings. The van der Waals surface area contributed by atoms with Crippen LogP contribution >= 0.6 is 0 Å². The molecule has 0 amide bonds. The number of para-hydroxylation sites is 1. The van der Waals surface area contributed by atoms with Crippen molar-refractivity contribution in [3.05, 3.63) is 47.5 Å². The first kappa shape index (κ1) is 20.3. The zero-order valence-corrected chi connectivity index (χ0v) is 17.5. The number of carbonyl (C=O) groups excluding carboxylic acids is 1. The fourth-order valence-electron chi connectivity index (χ4n) is 3.44. The SMILES string of the molecule is Cc1nc(Nc2ccccc2C(=O)OCC2CCOC(C)(C)O2)c2cc(C)oc2n1. The molecule has 158 valence electrons. The minimum atomic E-state index is -0.673. The number of esters is 1. The van der Waals surface area contributed by atoms with Gasteiger partial charge in [-0.05, 0) is 45.9 Å². The largest absolute Gasteiger partial charge is 0.459 e. The highest BCUT2D eigenvalue weighted by Gasteiger charge is 2.30. The Balaban J connectivity index is 1.52. The molecule has 30 heavy (non-hydrogen) atoms. The van der Waals surface area contributed by atoms with Gasteiger partial charge in [-0.3, -0.25) is 0 Å². The minimum Gasteiger partial charge on any atom is -0.459 e. The van der Waals surface area contributed by atoms with Crippen LogP contribution in [0.25, 0.3) is 11.1 Å². The van der Waals surface area contributed by atoms with Crippen LogP contribution in [0.4, 0.5) is 11.5 Å². The van der Waals surface area contributed by atoms with Gasteiger partial charge in [0.05, 0.1) is 29.3 Å². The summed E-state index contributed by atoms with van der Waals surface area (Å²) >= 11 is 0. The van der Waals surface area contributed by atoms with Gasteiger partial charge in [-0.15, -0.1) is 0 Å². The Labute approximate surface area is 174 Å². The van der Waals surface area contributed by atoms with Crippen molar-refractivity contribution in [1.29, 1.82) is 0 Å². The number of hydrogen-bond acceptors (Lipinski definition) is 8. The van der Waals surface area contributed by atoms with E-state index in [4.69, 9.17) is 18.6 Å². The van der Waals surface area contributed by atoms with E-state index in [0.29, 0.717) is 41.6 Å². The number of anilines is 2. The van der Waals surface area contributed by atoms with Crippen molar-refractivity contribution in [3.8, 4) is 0 Å². The van der Waals surface area contributed by atoms with Crippen molar-refractivity contribution < 1.29 is 23.4 Å². The Kier molecular flexibility index (Phi) is 5.44. The van der Waals surface area contributed by atoms with Crippen LogP contribution in [0.3, 0.4) is 0 Å². The van der Waals surface area contributed by atoms with E-state index >= 15 is 0 Å². The van der Waals surface area contributed by atoms with E-state index in [1.165, 1.54) is 0 Å². The van der Waals surface area contributed by atoms with Gasteiger partial charge in [0.15, 0.2) is 5.79 Å². The van der Waals surface area contributed by atoms with Crippen molar-refractivity contribution in [1.82, 2.24) is 9.97 Å². The fourth-order valence-corrected chi connectivity index (χ4v) is 3.44. The summed E-state index contributed by atoms with van der Waals surface area (Å²) in [4.78, 5) is 21.6. The van der Waals surface area contributed by atoms with E-state index in [9.17, 15) is 4.79 Å². The monoisotopic (exact) mass is 411 g/mol. The molecule has 1 aliphatic heterocycles. The van der Waals surface area contributed by atoms with Crippen LogP contribution in [0.15, 0.2) is 34.7 Å². The van der Waals surface area contributed by atoms with Crippen molar-refractivity contribution >= 4 is 28.6 Å². The first-order chi connectivity index (χ1) is 14.3. The Morgan fingerprint density at radius 1 is 1.27 bits per heavy atom. The molecule has 1 N–H and O–H groups in total. The average Bonchev–Trinajstić information content (AvgIpc) is 3.06. The number of hydrogen-bond donors (Lipinski definition) is 1. The standard InChI is InChI=1S/C22H25N3O5/c1-13-11-17-19(23-14(2)24-20(17)29-13)25-18-8-6-5-7-16(18)21(26)27-12-15-9-10-28-22(3,4)30-15/h5-8,11,15H,9-10,12H2,1-4H3,(H,23,24,25). The van der Waals surface area contributed by atoms with Crippen LogP contribution in [0.1, 0.15) is 42.2 Å². The molecule has 0 saturated carbocycles. The number of nitrogens with one attached hydrogen (secondary N) is 1. The molecular formula is C22H25N3O5. The number of aromatic nitrogens is 2. The fraction of sp³-hybridized carbons (Fsp3) is 0.409. The molecule has 3 aromatic rings. The van der Waals surface area contributed by atoms with E-state index in [-0.39, 0.29) is 12.7 Å². The third kappa shape index (κ3) is 4.44. The van der Waals surface area contributed by atoms with Gasteiger partial charge >= 0.3 is 5.97 Å². The molecule has 1 aromatic carbocycles. The number of carbonyl (C=O) groups is 1. The highest BCUT2D eigenvalue weighted by molar-refractivity contribution is 5.98. The molecule has 0 spiro atoms. The molecule has 8 heteroatoms. The number of fused-ring (bicyclic) bond motifs is 1. The summed E-state index contributed by atoms with van der Waals surface area (Å²) in [5, 5.41) is 3.99. The number of aryl methyl sites for hydroxylation is 2. The van der Waals surface area contributed by atoms with E-state index in [2.05, 4.69) is 15.3 Å². The Morgan fingerprint density at radius 3 is 2.87 bits per heavy atom. The highest BCUT2D eigenvalue weighted by atomic mass is 16.7. The molecule has 3 heterocycles. The van der Waals surface area contributed by atoms with Crippen molar-refractivity contribution in [3.63, 3.8) is 0 Å². The zero-order chi connectivity index (χ0) is 21.3. The maximum Gasteiger partial charge on any atom is 0.340 e. The van der Waals surface area contributed by atoms with Crippen LogP contribution in [0.5, 0.6) is 0 Å². The van der Waals surface area contributed by atoms with E-state index in [1.807, 2.05) is 32.9 Å². The van der Waals surface area contributed by atoms with Crippen molar-refractivity contribution in [2.24, 2.45) is 0 Å². The van der Waals surface area contributed by atoms with E-state index in [1.54, 1.807) is 25.1 Å². The Hall–Kier alpha value is -2.97. The van der Waals surface area contributed by atoms with Gasteiger partial charge in [-0.2, -0.15) is 4.98 Å². The van der Waals surface area contributed by atoms with Crippen LogP contribution in [-0.2, 0) is 14.2 Å². The Bertz CT molecular complexity index is 1080. The van der Waals surface area contributed by atoms with Crippen molar-refractivity contribution in [2.45, 2.75) is 46.0 Å². The second-order valence-corrected chi connectivity index (χ2v) is 7.74. The number of rotatable bonds is 5. The molecule has 0 radical (unpaired) electrons. The summed E-state index contributed by atoms with van der Waals surface area (Å²) in [6.45, 7) is 8.08. The topological polar surface area (TPSA) is 95.7 Å². The minimum absolute atomic E-state index is 0.164. The second kappa shape index (κ2) is 8.04. The maximum atomic E-state index is 12.8. The lowest BCUT2D eigenvalue weighted by Crippen LogP contribution is -2.42. The average molecular weight is 411 g/mol. The molecule has 0 aliphatic carbocycles. The van der Waals surface area contributed by atoms with Gasteiger partial charge in [-0.1, -0.05) is 12.1 Å². The smallest absolute Gasteiger partial charge is 0.340 e. The molecule has 4 rings (SSSR count). The number of furan rings is 1. The number of benzene rings is 1. The molecule has 8 nitrogen and oxygen atoms in total. The Morgan fingerprint density at radius 2 is 2.07 bits per heavy atom. The predicted molar refractivity (Wildman–Crippen MR) is 111 cm³/mol. The van der Waals surface area contributed by atoms with Gasteiger partial charge in [0.1, 0.15) is 24.0 Å². The third-order valence-electron chi connectivity index (χ3n) is 4.77. The summed E-state index contributed by atoms with van der Waals surface area (Å²) in [5.41, 5.74) is 1.50. The number of nitrogens with zero attached hydrogens (tertiary/aromatic N) is 2. The summed E-state index contributed by atoms with van der Waals surface area (Å²) in [6.07, 6.45) is 0.477. The molecule has 1 saturated heterocycles. The molecule has 1 unspecified atom stereocenters. The molecule has 0 bridgehead atoms. The molecule has 2 aromatic heterocycles. The second-order valence-electron chi connectivity index (χ2n) is 7.74. The summed E-state index contributed by atoms with van der Waals surface area (Å²) in [7, 11) is 0. The summed E-state index contributed by atoms with van der Waals surface area (Å²) in [6, 6.07) is 9.02. The van der Waals surface area contributed by atoms with E-state index in [0.717, 1.165) is 11.1 Å². The third-order valence-corrected chi connectivity index (χ3v) is 4.77. The van der Waals surface area contributed by atoms with Gasteiger partial charge in [-0.25, -0.2) is 9.78 Å². The lowest BCUT2D eigenvalue weighted by Gasteiger charge is -2.35. The highest BCUT2D eigenvalue weighted by Crippen LogP contribution is 2.28. The van der Waals surface area contributed by atoms with Crippen molar-refractivity contribution in [2.75, 3.05) is 18.5 Å². The predicted octanol–water partition coefficient (Wildman–Crippen LogP) is 4.28. The molecule has 1 atom stereocenters. The molecular weight excluding hydrogens is 386 g/mol. The van der Waals surface area contributed by atoms with Crippen LogP contribution in [-0.4, -0.2) is 41.0 Å². The zero-order valence-electron chi connectivity index (χ0n) is 17.5. The van der Waals surface area contributed by atoms with Crippen LogP contribution < -0.4 is 5.32 Å². The van der Waals surface area contributed by atoms with Gasteiger partial charge in [0.2, 0.25) is 5.71 Å². The lowest BCUT2D eigenvalue weighted by molar-refractivity contribution is -0.277. The first-order valence-electron chi connectivity index (χ1n) is 9.90. The molecule has 1 fully saturated rings. The van der Waals surface area contributed by atoms with Gasteiger partial charge in [0.25, 0.3) is 0 Å². The number of ether oxygens (including phenoxy) is 3. The lowest BCUT2D eigenvalue weighted by atomic mass is 10.1. The van der Waals surface area contributed by atoms with Crippen LogP contribution in [0, 0.1) is 13.8 Å². The maximum absolute atomic E-state index is 12.8. The van der Waals surface area contributed by atoms with E-state index < -0.39 is 11.8 Å². The summed E-state index contributed by atoms with van der Waals surface area (Å²) in [5.74, 6) is 0.771. The van der Waals surface area contributed by atoms with Crippen LogP contribution in [0.2, 0.25) is 0 Å². The van der Waals surface area contributed by atoms with Gasteiger partial charge in [0, 0.05) is 6.42 Å². The normalized spacial score (nSPS) is 18.3. The summed E-state index contributed by atoms with van der Waals surface area (Å²) < 4.78 is 22.5. The van der Waals surface area contributed by atoms with Gasteiger partial charge < -0.3 is 23.9 Å². The quantitative estimate of drug-likeness (QED) is 0.622.